The molecule has 0 spiro atoms. The summed E-state index contributed by atoms with van der Waals surface area (Å²) in [5.41, 5.74) is 2.45. The van der Waals surface area contributed by atoms with E-state index in [1.807, 2.05) is 20.8 Å². The van der Waals surface area contributed by atoms with Crippen molar-refractivity contribution < 1.29 is 28.7 Å². The third-order valence-corrected chi connectivity index (χ3v) is 8.37. The Morgan fingerprint density at radius 3 is 2.22 bits per heavy atom. The Balaban J connectivity index is 2.72. The van der Waals surface area contributed by atoms with Crippen LogP contribution in [0.15, 0.2) is 29.5 Å². The average Bonchev–Trinajstić information content (AvgIpc) is 2.91. The summed E-state index contributed by atoms with van der Waals surface area (Å²) in [6.45, 7) is 7.18. The summed E-state index contributed by atoms with van der Waals surface area (Å²) in [6, 6.07) is 0. The smallest absolute Gasteiger partial charge is 0.0840 e. The van der Waals surface area contributed by atoms with E-state index in [0.29, 0.717) is 19.9 Å². The molecule has 1 aromatic rings. The monoisotopic (exact) mass is 417 g/mol. The van der Waals surface area contributed by atoms with Gasteiger partial charge < -0.3 is 28.7 Å². The quantitative estimate of drug-likeness (QED) is 0.392. The van der Waals surface area contributed by atoms with Gasteiger partial charge in [0.25, 0.3) is 0 Å². The van der Waals surface area contributed by atoms with E-state index in [0.717, 1.165) is 12.8 Å². The highest BCUT2D eigenvalue weighted by Crippen LogP contribution is 2.61. The van der Waals surface area contributed by atoms with Gasteiger partial charge in [0.05, 0.1) is 5.69 Å². The van der Waals surface area contributed by atoms with E-state index in [9.17, 15) is 28.7 Å². The molecule has 0 N–H and O–H groups in total. The molecule has 1 heterocycles. The number of aryl methyl sites for hydroxylation is 1. The largest absolute Gasteiger partial charge is 0.810 e. The molecular formula is C16H25N3O6P2-4. The zero-order chi connectivity index (χ0) is 20.9. The number of aromatic nitrogens is 3. The van der Waals surface area contributed by atoms with Crippen molar-refractivity contribution in [1.82, 2.24) is 15.0 Å². The van der Waals surface area contributed by atoms with Gasteiger partial charge in [-0.05, 0) is 47.0 Å². The van der Waals surface area contributed by atoms with E-state index in [-0.39, 0.29) is 5.69 Å². The molecule has 0 aliphatic heterocycles. The molecule has 1 rings (SSSR count). The molecule has 0 saturated heterocycles. The van der Waals surface area contributed by atoms with Crippen LogP contribution in [0.2, 0.25) is 0 Å². The van der Waals surface area contributed by atoms with Crippen LogP contribution in [0.4, 0.5) is 0 Å². The van der Waals surface area contributed by atoms with Crippen molar-refractivity contribution >= 4 is 15.2 Å². The van der Waals surface area contributed by atoms with E-state index < -0.39 is 26.5 Å². The van der Waals surface area contributed by atoms with Gasteiger partial charge in [0, 0.05) is 24.1 Å². The molecule has 0 unspecified atom stereocenters. The van der Waals surface area contributed by atoms with Gasteiger partial charge in [-0.15, -0.1) is 5.10 Å². The third-order valence-electron chi connectivity index (χ3n) is 4.22. The van der Waals surface area contributed by atoms with Gasteiger partial charge in [0.2, 0.25) is 0 Å². The maximum Gasteiger partial charge on any atom is 0.0840 e. The summed E-state index contributed by atoms with van der Waals surface area (Å²) in [5.74, 6) is 0. The van der Waals surface area contributed by atoms with Crippen molar-refractivity contribution in [2.45, 2.75) is 64.8 Å². The molecule has 0 radical (unpaired) electrons. The lowest BCUT2D eigenvalue weighted by atomic mass is 10.1. The summed E-state index contributed by atoms with van der Waals surface area (Å²) >= 11 is 0. The van der Waals surface area contributed by atoms with Crippen molar-refractivity contribution in [2.75, 3.05) is 0 Å². The Hall–Kier alpha value is -1.08. The van der Waals surface area contributed by atoms with Gasteiger partial charge in [0.15, 0.2) is 0 Å². The lowest BCUT2D eigenvalue weighted by Crippen LogP contribution is -2.45. The molecule has 11 heteroatoms. The van der Waals surface area contributed by atoms with E-state index in [2.05, 4.69) is 22.5 Å². The first-order valence-corrected chi connectivity index (χ1v) is 11.6. The van der Waals surface area contributed by atoms with Gasteiger partial charge in [-0.2, -0.15) is 0 Å². The van der Waals surface area contributed by atoms with Crippen LogP contribution in [-0.2, 0) is 22.1 Å². The summed E-state index contributed by atoms with van der Waals surface area (Å²) in [4.78, 5) is 42.3. The van der Waals surface area contributed by atoms with Crippen molar-refractivity contribution in [3.8, 4) is 0 Å². The Morgan fingerprint density at radius 2 is 1.70 bits per heavy atom. The second-order valence-corrected chi connectivity index (χ2v) is 11.3. The van der Waals surface area contributed by atoms with Gasteiger partial charge in [-0.25, -0.2) is 0 Å². The van der Waals surface area contributed by atoms with Crippen LogP contribution in [-0.4, -0.2) is 19.9 Å². The number of nitrogens with zero attached hydrogens (tertiary/aromatic N) is 3. The lowest BCUT2D eigenvalue weighted by Gasteiger charge is -2.57. The first-order chi connectivity index (χ1) is 12.3. The zero-order valence-electron chi connectivity index (χ0n) is 16.0. The van der Waals surface area contributed by atoms with Crippen LogP contribution < -0.4 is 19.6 Å². The minimum atomic E-state index is -5.70. The van der Waals surface area contributed by atoms with Gasteiger partial charge in [0.1, 0.15) is 0 Å². The minimum absolute atomic E-state index is 0.0411. The van der Waals surface area contributed by atoms with Gasteiger partial charge in [-0.1, -0.05) is 43.7 Å². The van der Waals surface area contributed by atoms with Gasteiger partial charge >= 0.3 is 0 Å². The first kappa shape index (κ1) is 24.0. The van der Waals surface area contributed by atoms with Crippen LogP contribution >= 0.6 is 15.2 Å². The van der Waals surface area contributed by atoms with E-state index in [1.54, 1.807) is 0 Å². The molecule has 0 amide bonds. The van der Waals surface area contributed by atoms with Crippen LogP contribution in [0.1, 0.15) is 52.7 Å². The van der Waals surface area contributed by atoms with Gasteiger partial charge in [-0.3, -0.25) is 4.68 Å². The van der Waals surface area contributed by atoms with Crippen molar-refractivity contribution in [2.24, 2.45) is 0 Å². The van der Waals surface area contributed by atoms with E-state index in [1.165, 1.54) is 22.0 Å². The molecule has 0 bridgehead atoms. The zero-order valence-corrected chi connectivity index (χ0v) is 17.7. The highest BCUT2D eigenvalue weighted by molar-refractivity contribution is 7.69. The molecular weight excluding hydrogens is 392 g/mol. The fourth-order valence-corrected chi connectivity index (χ4v) is 4.26. The molecule has 154 valence electrons. The topological polar surface area (TPSA) is 157 Å². The SMILES string of the molecule is CC(C)=CCC/C(C)=C/CCn1cc(CC(C)(P(=O)([O-])[O-])P(=O)([O-])[O-])nn1. The maximum atomic E-state index is 11.3. The lowest BCUT2D eigenvalue weighted by molar-refractivity contribution is -0.335. The molecule has 9 nitrogen and oxygen atoms in total. The summed E-state index contributed by atoms with van der Waals surface area (Å²) in [6.07, 6.45) is 7.30. The van der Waals surface area contributed by atoms with Crippen molar-refractivity contribution in [1.29, 1.82) is 0 Å². The molecule has 0 atom stereocenters. The predicted octanol–water partition coefficient (Wildman–Crippen LogP) is 0.447. The molecule has 1 aromatic heterocycles. The molecule has 0 aliphatic carbocycles. The Morgan fingerprint density at radius 1 is 1.11 bits per heavy atom. The van der Waals surface area contributed by atoms with Crippen LogP contribution in [0, 0.1) is 0 Å². The van der Waals surface area contributed by atoms with E-state index in [4.69, 9.17) is 0 Å². The third kappa shape index (κ3) is 7.11. The summed E-state index contributed by atoms with van der Waals surface area (Å²) < 4.78 is 24.1. The highest BCUT2D eigenvalue weighted by atomic mass is 31.2. The highest BCUT2D eigenvalue weighted by Gasteiger charge is 2.34. The normalized spacial score (nSPS) is 13.7. The summed E-state index contributed by atoms with van der Waals surface area (Å²) in [7, 11) is -11.4. The van der Waals surface area contributed by atoms with Crippen LogP contribution in [0.3, 0.4) is 0 Å². The molecule has 0 aromatic carbocycles. The second kappa shape index (κ2) is 9.41. The van der Waals surface area contributed by atoms with Crippen molar-refractivity contribution in [3.63, 3.8) is 0 Å². The van der Waals surface area contributed by atoms with Crippen LogP contribution in [0.25, 0.3) is 0 Å². The molecule has 0 saturated carbocycles. The Kier molecular flexibility index (Phi) is 8.35. The van der Waals surface area contributed by atoms with Crippen molar-refractivity contribution in [3.05, 3.63) is 35.2 Å². The molecule has 0 fully saturated rings. The Labute approximate surface area is 159 Å². The number of rotatable bonds is 10. The fraction of sp³-hybridized carbons (Fsp3) is 0.625. The predicted molar refractivity (Wildman–Crippen MR) is 94.4 cm³/mol. The Bertz CT molecular complexity index is 764. The van der Waals surface area contributed by atoms with E-state index >= 15 is 0 Å². The minimum Gasteiger partial charge on any atom is -0.810 e. The first-order valence-electron chi connectivity index (χ1n) is 8.48. The average molecular weight is 417 g/mol. The maximum absolute atomic E-state index is 11.3. The summed E-state index contributed by atoms with van der Waals surface area (Å²) in [5, 5.41) is 7.47. The molecule has 0 aliphatic rings. The number of hydrogen-bond acceptors (Lipinski definition) is 8. The number of allylic oxidation sites excluding steroid dienone is 4. The molecule has 27 heavy (non-hydrogen) atoms. The fourth-order valence-electron chi connectivity index (χ4n) is 2.35. The van der Waals surface area contributed by atoms with Crippen LogP contribution in [0.5, 0.6) is 0 Å². The number of hydrogen-bond donors (Lipinski definition) is 0. The standard InChI is InChI=1S/C16H29N3O6P2/c1-13(2)7-5-8-14(3)9-6-10-19-12-15(17-18-19)11-16(4,26(20,21)22)27(23,24)25/h7,9,12H,5-6,8,10-11H2,1-4H3,(H2,20,21,22)(H2,23,24,25)/p-4/b14-9+. The second-order valence-electron chi connectivity index (χ2n) is 7.02.